The molecule has 2 amide bonds. The topological polar surface area (TPSA) is 87.2 Å². The number of nitrogens with zero attached hydrogens (tertiary/aromatic N) is 3. The zero-order valence-electron chi connectivity index (χ0n) is 10.8. The molecule has 1 aliphatic rings. The van der Waals surface area contributed by atoms with Gasteiger partial charge >= 0.3 is 0 Å². The highest BCUT2D eigenvalue weighted by molar-refractivity contribution is 5.93. The number of carbonyl (C=O) groups excluding carboxylic acids is 2. The molecule has 0 aliphatic carbocycles. The molecule has 7 heteroatoms. The van der Waals surface area contributed by atoms with Gasteiger partial charge in [-0.25, -0.2) is 9.97 Å². The highest BCUT2D eigenvalue weighted by Gasteiger charge is 2.40. The maximum absolute atomic E-state index is 11.9. The van der Waals surface area contributed by atoms with Crippen LogP contribution in [0.15, 0.2) is 18.5 Å². The number of carbonyl (C=O) groups is 2. The molecule has 0 unspecified atom stereocenters. The lowest BCUT2D eigenvalue weighted by Gasteiger charge is -2.39. The number of piperidine rings is 1. The van der Waals surface area contributed by atoms with Crippen molar-refractivity contribution in [2.75, 3.05) is 25.0 Å². The molecule has 1 aliphatic heterocycles. The molecule has 1 aromatic rings. The smallest absolute Gasteiger partial charge is 0.246 e. The Bertz CT molecular complexity index is 443. The third-order valence-corrected chi connectivity index (χ3v) is 3.56. The van der Waals surface area contributed by atoms with E-state index in [-0.39, 0.29) is 5.91 Å². The first-order chi connectivity index (χ1) is 9.22. The molecule has 2 heterocycles. The Morgan fingerprint density at radius 3 is 2.53 bits per heavy atom. The Morgan fingerprint density at radius 2 is 2.00 bits per heavy atom. The lowest BCUT2D eigenvalue weighted by atomic mass is 9.87. The van der Waals surface area contributed by atoms with Crippen molar-refractivity contribution >= 4 is 18.3 Å². The molecule has 7 nitrogen and oxygen atoms in total. The van der Waals surface area contributed by atoms with Crippen molar-refractivity contribution in [1.29, 1.82) is 0 Å². The van der Waals surface area contributed by atoms with Gasteiger partial charge in [-0.3, -0.25) is 14.9 Å². The summed E-state index contributed by atoms with van der Waals surface area (Å²) in [5.41, 5.74) is -0.688. The van der Waals surface area contributed by atoms with E-state index in [1.807, 2.05) is 4.90 Å². The fourth-order valence-corrected chi connectivity index (χ4v) is 2.33. The second-order valence-electron chi connectivity index (χ2n) is 4.46. The van der Waals surface area contributed by atoms with Gasteiger partial charge in [0.15, 0.2) is 0 Å². The predicted octanol–water partition coefficient (Wildman–Crippen LogP) is -0.692. The number of aromatic nitrogens is 2. The fraction of sp³-hybridized carbons (Fsp3) is 0.500. The van der Waals surface area contributed by atoms with Gasteiger partial charge in [0.25, 0.3) is 0 Å². The minimum Gasteiger partial charge on any atom is -0.341 e. The Morgan fingerprint density at radius 1 is 1.37 bits per heavy atom. The lowest BCUT2D eigenvalue weighted by Crippen LogP contribution is -2.61. The molecule has 102 valence electrons. The first-order valence-electron chi connectivity index (χ1n) is 6.17. The van der Waals surface area contributed by atoms with Crippen LogP contribution in [-0.4, -0.2) is 48.0 Å². The molecule has 19 heavy (non-hydrogen) atoms. The highest BCUT2D eigenvalue weighted by atomic mass is 16.2. The predicted molar refractivity (Wildman–Crippen MR) is 69.5 cm³/mol. The summed E-state index contributed by atoms with van der Waals surface area (Å²) in [6.07, 6.45) is 5.01. The molecule has 2 rings (SSSR count). The number of anilines is 1. The van der Waals surface area contributed by atoms with E-state index < -0.39 is 5.54 Å². The number of hydrogen-bond acceptors (Lipinski definition) is 6. The van der Waals surface area contributed by atoms with Crippen LogP contribution >= 0.6 is 0 Å². The van der Waals surface area contributed by atoms with Crippen molar-refractivity contribution in [1.82, 2.24) is 20.6 Å². The van der Waals surface area contributed by atoms with Gasteiger partial charge in [-0.15, -0.1) is 0 Å². The van der Waals surface area contributed by atoms with E-state index in [1.165, 1.54) is 0 Å². The fourth-order valence-electron chi connectivity index (χ4n) is 2.33. The number of nitrogens with one attached hydrogen (secondary N) is 2. The van der Waals surface area contributed by atoms with Crippen LogP contribution in [0.2, 0.25) is 0 Å². The van der Waals surface area contributed by atoms with E-state index in [4.69, 9.17) is 0 Å². The van der Waals surface area contributed by atoms with Gasteiger partial charge in [0.1, 0.15) is 5.54 Å². The quantitative estimate of drug-likeness (QED) is 0.699. The summed E-state index contributed by atoms with van der Waals surface area (Å²) in [6.45, 7) is 1.33. The van der Waals surface area contributed by atoms with E-state index in [2.05, 4.69) is 20.6 Å². The Balaban J connectivity index is 2.04. The first-order valence-corrected chi connectivity index (χ1v) is 6.17. The van der Waals surface area contributed by atoms with Gasteiger partial charge < -0.3 is 10.2 Å². The largest absolute Gasteiger partial charge is 0.341 e. The molecule has 0 saturated carbocycles. The Kier molecular flexibility index (Phi) is 4.06. The summed E-state index contributed by atoms with van der Waals surface area (Å²) in [7, 11) is 1.74. The van der Waals surface area contributed by atoms with Crippen molar-refractivity contribution in [2.45, 2.75) is 18.4 Å². The average Bonchev–Trinajstić information content (AvgIpc) is 2.48. The molecular formula is C12H17N5O2. The summed E-state index contributed by atoms with van der Waals surface area (Å²) < 4.78 is 0. The summed E-state index contributed by atoms with van der Waals surface area (Å²) in [5.74, 6) is 0.390. The van der Waals surface area contributed by atoms with Gasteiger partial charge in [0, 0.05) is 25.5 Å². The molecule has 1 fully saturated rings. The zero-order valence-corrected chi connectivity index (χ0v) is 10.8. The van der Waals surface area contributed by atoms with Crippen LogP contribution < -0.4 is 15.5 Å². The summed E-state index contributed by atoms with van der Waals surface area (Å²) >= 11 is 0. The van der Waals surface area contributed by atoms with Gasteiger partial charge in [0.05, 0.1) is 0 Å². The average molecular weight is 263 g/mol. The third kappa shape index (κ3) is 2.70. The van der Waals surface area contributed by atoms with Crippen molar-refractivity contribution in [3.63, 3.8) is 0 Å². The van der Waals surface area contributed by atoms with E-state index >= 15 is 0 Å². The summed E-state index contributed by atoms with van der Waals surface area (Å²) in [4.78, 5) is 32.8. The van der Waals surface area contributed by atoms with E-state index in [0.717, 1.165) is 0 Å². The number of imide groups is 1. The molecule has 0 aromatic carbocycles. The van der Waals surface area contributed by atoms with Crippen molar-refractivity contribution in [2.24, 2.45) is 0 Å². The van der Waals surface area contributed by atoms with Gasteiger partial charge in [-0.2, -0.15) is 0 Å². The van der Waals surface area contributed by atoms with Crippen LogP contribution in [0.5, 0.6) is 0 Å². The van der Waals surface area contributed by atoms with Crippen molar-refractivity contribution < 1.29 is 9.59 Å². The van der Waals surface area contributed by atoms with Gasteiger partial charge in [0.2, 0.25) is 18.3 Å². The number of amides is 2. The first kappa shape index (κ1) is 13.4. The van der Waals surface area contributed by atoms with E-state index in [9.17, 15) is 9.59 Å². The number of rotatable bonds is 4. The highest BCUT2D eigenvalue weighted by Crippen LogP contribution is 2.24. The van der Waals surface area contributed by atoms with Crippen LogP contribution in [0.1, 0.15) is 12.8 Å². The van der Waals surface area contributed by atoms with Crippen LogP contribution in [0.4, 0.5) is 5.95 Å². The van der Waals surface area contributed by atoms with Crippen LogP contribution in [-0.2, 0) is 9.59 Å². The number of likely N-dealkylation sites (N-methyl/N-ethyl adjacent to an activating group) is 1. The Labute approximate surface area is 111 Å². The standard InChI is InChI=1S/C12H17N5O2/c1-13-12(10(19)16-9-18)3-7-17(8-4-12)11-14-5-2-6-15-11/h2,5-6,9,13H,3-4,7-8H2,1H3,(H,16,18,19). The molecule has 0 bridgehead atoms. The normalized spacial score (nSPS) is 17.8. The zero-order chi connectivity index (χ0) is 13.7. The minimum atomic E-state index is -0.688. The number of hydrogen-bond donors (Lipinski definition) is 2. The maximum atomic E-state index is 11.9. The second-order valence-corrected chi connectivity index (χ2v) is 4.46. The molecule has 0 radical (unpaired) electrons. The monoisotopic (exact) mass is 263 g/mol. The van der Waals surface area contributed by atoms with E-state index in [1.54, 1.807) is 25.5 Å². The lowest BCUT2D eigenvalue weighted by molar-refractivity contribution is -0.131. The molecule has 0 spiro atoms. The molecule has 1 saturated heterocycles. The second kappa shape index (κ2) is 5.75. The van der Waals surface area contributed by atoms with Gasteiger partial charge in [-0.1, -0.05) is 0 Å². The van der Waals surface area contributed by atoms with Crippen molar-refractivity contribution in [3.05, 3.63) is 18.5 Å². The molecule has 1 aromatic heterocycles. The van der Waals surface area contributed by atoms with Gasteiger partial charge in [-0.05, 0) is 26.0 Å². The molecule has 0 atom stereocenters. The maximum Gasteiger partial charge on any atom is 0.246 e. The Hall–Kier alpha value is -2.02. The third-order valence-electron chi connectivity index (χ3n) is 3.56. The van der Waals surface area contributed by atoms with Crippen LogP contribution in [0.25, 0.3) is 0 Å². The minimum absolute atomic E-state index is 0.279. The summed E-state index contributed by atoms with van der Waals surface area (Å²) in [6, 6.07) is 1.77. The SMILES string of the molecule is CNC1(C(=O)NC=O)CCN(c2ncccn2)CC1. The summed E-state index contributed by atoms with van der Waals surface area (Å²) in [5, 5.41) is 5.27. The molecular weight excluding hydrogens is 246 g/mol. The van der Waals surface area contributed by atoms with Crippen LogP contribution in [0, 0.1) is 0 Å². The van der Waals surface area contributed by atoms with Crippen molar-refractivity contribution in [3.8, 4) is 0 Å². The van der Waals surface area contributed by atoms with Crippen LogP contribution in [0.3, 0.4) is 0 Å². The van der Waals surface area contributed by atoms with E-state index in [0.29, 0.717) is 38.3 Å². The molecule has 2 N–H and O–H groups in total.